The van der Waals surface area contributed by atoms with E-state index in [-0.39, 0.29) is 29.8 Å². The fourth-order valence-electron chi connectivity index (χ4n) is 2.85. The quantitative estimate of drug-likeness (QED) is 0.866. The zero-order chi connectivity index (χ0) is 18.7. The summed E-state index contributed by atoms with van der Waals surface area (Å²) in [7, 11) is 0. The molecule has 1 aliphatic rings. The van der Waals surface area contributed by atoms with E-state index in [0.29, 0.717) is 11.1 Å². The summed E-state index contributed by atoms with van der Waals surface area (Å²) in [4.78, 5) is 23.9. The first-order valence-electron chi connectivity index (χ1n) is 8.00. The van der Waals surface area contributed by atoms with Gasteiger partial charge in [0.25, 0.3) is 0 Å². The highest BCUT2D eigenvalue weighted by Gasteiger charge is 2.30. The van der Waals surface area contributed by atoms with Crippen molar-refractivity contribution in [3.05, 3.63) is 70.0 Å². The van der Waals surface area contributed by atoms with Gasteiger partial charge in [-0.1, -0.05) is 29.8 Å². The predicted octanol–water partition coefficient (Wildman–Crippen LogP) is 2.69. The number of nitrogens with one attached hydrogen (secondary N) is 2. The molecule has 1 unspecified atom stereocenters. The molecular formula is C19H15ClFN3O2. The molecule has 3 rings (SSSR count). The van der Waals surface area contributed by atoms with Gasteiger partial charge in [0.2, 0.25) is 11.8 Å². The second kappa shape index (κ2) is 7.54. The van der Waals surface area contributed by atoms with Crippen molar-refractivity contribution >= 4 is 23.4 Å². The van der Waals surface area contributed by atoms with Gasteiger partial charge < -0.3 is 10.6 Å². The number of benzene rings is 2. The predicted molar refractivity (Wildman–Crippen MR) is 93.7 cm³/mol. The Morgan fingerprint density at radius 3 is 2.54 bits per heavy atom. The standard InChI is InChI=1S/C19H15ClFN3O2/c20-15-7-13(5-6-16(15)21)18(12-3-1-11(9-22)2-4-12)24-19(26)14-8-17(25)23-10-14/h1-7,14,18H,8,10H2,(H,23,25)(H,24,26)/t14?,18-/m1/s1. The molecule has 2 atom stereocenters. The lowest BCUT2D eigenvalue weighted by molar-refractivity contribution is -0.126. The van der Waals surface area contributed by atoms with E-state index in [4.69, 9.17) is 16.9 Å². The van der Waals surface area contributed by atoms with Gasteiger partial charge in [0, 0.05) is 13.0 Å². The molecule has 2 amide bonds. The number of amides is 2. The van der Waals surface area contributed by atoms with E-state index in [2.05, 4.69) is 10.6 Å². The average Bonchev–Trinajstić information content (AvgIpc) is 3.09. The number of rotatable bonds is 4. The Bertz CT molecular complexity index is 893. The molecule has 0 aliphatic carbocycles. The van der Waals surface area contributed by atoms with Crippen LogP contribution in [-0.2, 0) is 9.59 Å². The van der Waals surface area contributed by atoms with Gasteiger partial charge in [-0.3, -0.25) is 9.59 Å². The highest BCUT2D eigenvalue weighted by atomic mass is 35.5. The molecule has 1 heterocycles. The van der Waals surface area contributed by atoms with E-state index in [1.54, 1.807) is 30.3 Å². The molecule has 0 bridgehead atoms. The normalized spacial score (nSPS) is 17.3. The van der Waals surface area contributed by atoms with Crippen LogP contribution in [0.3, 0.4) is 0 Å². The maximum absolute atomic E-state index is 13.5. The maximum atomic E-state index is 13.5. The van der Waals surface area contributed by atoms with E-state index >= 15 is 0 Å². The summed E-state index contributed by atoms with van der Waals surface area (Å²) in [6.07, 6.45) is 0.135. The minimum Gasteiger partial charge on any atom is -0.355 e. The van der Waals surface area contributed by atoms with Crippen LogP contribution in [0.25, 0.3) is 0 Å². The molecule has 7 heteroatoms. The smallest absolute Gasteiger partial charge is 0.226 e. The monoisotopic (exact) mass is 371 g/mol. The molecule has 2 N–H and O–H groups in total. The summed E-state index contributed by atoms with van der Waals surface area (Å²) in [6.45, 7) is 0.287. The van der Waals surface area contributed by atoms with Crippen LogP contribution in [0, 0.1) is 23.1 Å². The number of carbonyl (C=O) groups is 2. The molecule has 2 aromatic rings. The molecule has 5 nitrogen and oxygen atoms in total. The van der Waals surface area contributed by atoms with E-state index < -0.39 is 17.8 Å². The van der Waals surface area contributed by atoms with E-state index in [0.717, 1.165) is 5.56 Å². The Morgan fingerprint density at radius 1 is 1.27 bits per heavy atom. The molecule has 0 radical (unpaired) electrons. The minimum absolute atomic E-state index is 0.0481. The summed E-state index contributed by atoms with van der Waals surface area (Å²) in [5.74, 6) is -1.45. The topological polar surface area (TPSA) is 82.0 Å². The molecule has 1 fully saturated rings. The summed E-state index contributed by atoms with van der Waals surface area (Å²) < 4.78 is 13.5. The molecule has 0 aromatic heterocycles. The first kappa shape index (κ1) is 17.9. The van der Waals surface area contributed by atoms with Gasteiger partial charge in [-0.05, 0) is 35.4 Å². The highest BCUT2D eigenvalue weighted by molar-refractivity contribution is 6.30. The summed E-state index contributed by atoms with van der Waals surface area (Å²) in [5, 5.41) is 14.4. The highest BCUT2D eigenvalue weighted by Crippen LogP contribution is 2.27. The number of halogens is 2. The van der Waals surface area contributed by atoms with Crippen LogP contribution in [0.15, 0.2) is 42.5 Å². The van der Waals surface area contributed by atoms with Crippen LogP contribution in [-0.4, -0.2) is 18.4 Å². The number of nitrogens with zero attached hydrogens (tertiary/aromatic N) is 1. The fraction of sp³-hybridized carbons (Fsp3) is 0.211. The molecular weight excluding hydrogens is 357 g/mol. The molecule has 1 saturated heterocycles. The Balaban J connectivity index is 1.92. The van der Waals surface area contributed by atoms with Crippen LogP contribution in [0.1, 0.15) is 29.2 Å². The van der Waals surface area contributed by atoms with Gasteiger partial charge in [0.1, 0.15) is 5.82 Å². The SMILES string of the molecule is N#Cc1ccc([C@@H](NC(=O)C2CNC(=O)C2)c2ccc(F)c(Cl)c2)cc1. The number of carbonyl (C=O) groups excluding carboxylic acids is 2. The van der Waals surface area contributed by atoms with Crippen LogP contribution >= 0.6 is 11.6 Å². The van der Waals surface area contributed by atoms with Crippen molar-refractivity contribution in [2.45, 2.75) is 12.5 Å². The Labute approximate surface area is 154 Å². The van der Waals surface area contributed by atoms with Gasteiger partial charge >= 0.3 is 0 Å². The largest absolute Gasteiger partial charge is 0.355 e. The summed E-state index contributed by atoms with van der Waals surface area (Å²) in [5.41, 5.74) is 1.81. The lowest BCUT2D eigenvalue weighted by Crippen LogP contribution is -2.35. The average molecular weight is 372 g/mol. The third-order valence-electron chi connectivity index (χ3n) is 4.28. The lowest BCUT2D eigenvalue weighted by atomic mass is 9.96. The zero-order valence-corrected chi connectivity index (χ0v) is 14.4. The maximum Gasteiger partial charge on any atom is 0.226 e. The number of hydrogen-bond donors (Lipinski definition) is 2. The Morgan fingerprint density at radius 2 is 1.96 bits per heavy atom. The summed E-state index contributed by atoms with van der Waals surface area (Å²) >= 11 is 5.89. The van der Waals surface area contributed by atoms with Crippen molar-refractivity contribution in [2.75, 3.05) is 6.54 Å². The van der Waals surface area contributed by atoms with Crippen molar-refractivity contribution in [1.29, 1.82) is 5.26 Å². The van der Waals surface area contributed by atoms with Gasteiger partial charge in [0.05, 0.1) is 28.6 Å². The number of nitriles is 1. The molecule has 0 saturated carbocycles. The third kappa shape index (κ3) is 3.84. The minimum atomic E-state index is -0.580. The zero-order valence-electron chi connectivity index (χ0n) is 13.6. The molecule has 0 spiro atoms. The van der Waals surface area contributed by atoms with Gasteiger partial charge in [0.15, 0.2) is 0 Å². The van der Waals surface area contributed by atoms with Crippen LogP contribution in [0.4, 0.5) is 4.39 Å². The van der Waals surface area contributed by atoms with Crippen molar-refractivity contribution in [3.63, 3.8) is 0 Å². The van der Waals surface area contributed by atoms with Crippen molar-refractivity contribution in [1.82, 2.24) is 10.6 Å². The lowest BCUT2D eigenvalue weighted by Gasteiger charge is -2.22. The van der Waals surface area contributed by atoms with Crippen molar-refractivity contribution in [3.8, 4) is 6.07 Å². The molecule has 2 aromatic carbocycles. The van der Waals surface area contributed by atoms with Crippen molar-refractivity contribution in [2.24, 2.45) is 5.92 Å². The molecule has 1 aliphatic heterocycles. The number of hydrogen-bond acceptors (Lipinski definition) is 3. The Hall–Kier alpha value is -2.91. The second-order valence-electron chi connectivity index (χ2n) is 6.05. The van der Waals surface area contributed by atoms with Gasteiger partial charge in [-0.25, -0.2) is 4.39 Å². The summed E-state index contributed by atoms with van der Waals surface area (Å²) in [6, 6.07) is 12.4. The third-order valence-corrected chi connectivity index (χ3v) is 4.57. The first-order chi connectivity index (χ1) is 12.5. The first-order valence-corrected chi connectivity index (χ1v) is 8.38. The van der Waals surface area contributed by atoms with Gasteiger partial charge in [-0.15, -0.1) is 0 Å². The molecule has 132 valence electrons. The Kier molecular flexibility index (Phi) is 5.19. The van der Waals surface area contributed by atoms with E-state index in [1.165, 1.54) is 12.1 Å². The van der Waals surface area contributed by atoms with Crippen LogP contribution in [0.5, 0.6) is 0 Å². The van der Waals surface area contributed by atoms with E-state index in [9.17, 15) is 14.0 Å². The van der Waals surface area contributed by atoms with Gasteiger partial charge in [-0.2, -0.15) is 5.26 Å². The van der Waals surface area contributed by atoms with Crippen LogP contribution < -0.4 is 10.6 Å². The van der Waals surface area contributed by atoms with Crippen LogP contribution in [0.2, 0.25) is 5.02 Å². The second-order valence-corrected chi connectivity index (χ2v) is 6.46. The molecule has 26 heavy (non-hydrogen) atoms. The fourth-order valence-corrected chi connectivity index (χ4v) is 3.04. The van der Waals surface area contributed by atoms with E-state index in [1.807, 2.05) is 6.07 Å². The van der Waals surface area contributed by atoms with Crippen molar-refractivity contribution < 1.29 is 14.0 Å².